The second kappa shape index (κ2) is 8.09. The van der Waals surface area contributed by atoms with Crippen LogP contribution in [0.3, 0.4) is 0 Å². The highest BCUT2D eigenvalue weighted by Gasteiger charge is 2.15. The SMILES string of the molecule is CCOC(=O)C=Cc1cc(OC)c(CC)cc1C(=O)OC. The Morgan fingerprint density at radius 3 is 2.43 bits per heavy atom. The monoisotopic (exact) mass is 292 g/mol. The van der Waals surface area contributed by atoms with Crippen molar-refractivity contribution in [1.82, 2.24) is 0 Å². The number of hydrogen-bond donors (Lipinski definition) is 0. The van der Waals surface area contributed by atoms with Crippen LogP contribution >= 0.6 is 0 Å². The molecule has 21 heavy (non-hydrogen) atoms. The van der Waals surface area contributed by atoms with Gasteiger partial charge in [-0.2, -0.15) is 0 Å². The van der Waals surface area contributed by atoms with Gasteiger partial charge in [0.05, 0.1) is 26.4 Å². The van der Waals surface area contributed by atoms with Gasteiger partial charge in [0.25, 0.3) is 0 Å². The number of methoxy groups -OCH3 is 2. The Kier molecular flexibility index (Phi) is 6.46. The van der Waals surface area contributed by atoms with Crippen LogP contribution in [0.4, 0.5) is 0 Å². The smallest absolute Gasteiger partial charge is 0.338 e. The van der Waals surface area contributed by atoms with Crippen LogP contribution in [-0.2, 0) is 20.7 Å². The van der Waals surface area contributed by atoms with Crippen LogP contribution < -0.4 is 4.74 Å². The van der Waals surface area contributed by atoms with Gasteiger partial charge in [0.15, 0.2) is 0 Å². The number of rotatable bonds is 6. The average molecular weight is 292 g/mol. The summed E-state index contributed by atoms with van der Waals surface area (Å²) >= 11 is 0. The Morgan fingerprint density at radius 1 is 1.19 bits per heavy atom. The van der Waals surface area contributed by atoms with Gasteiger partial charge in [0, 0.05) is 6.08 Å². The first-order valence-corrected chi connectivity index (χ1v) is 6.71. The molecule has 0 aromatic heterocycles. The highest BCUT2D eigenvalue weighted by Crippen LogP contribution is 2.26. The summed E-state index contributed by atoms with van der Waals surface area (Å²) in [6.45, 7) is 3.99. The number of esters is 2. The van der Waals surface area contributed by atoms with E-state index in [1.54, 1.807) is 26.2 Å². The molecule has 0 aliphatic rings. The highest BCUT2D eigenvalue weighted by molar-refractivity contribution is 5.96. The molecular weight excluding hydrogens is 272 g/mol. The van der Waals surface area contributed by atoms with E-state index in [4.69, 9.17) is 14.2 Å². The van der Waals surface area contributed by atoms with E-state index in [1.807, 2.05) is 6.92 Å². The van der Waals surface area contributed by atoms with E-state index in [1.165, 1.54) is 19.3 Å². The molecule has 0 amide bonds. The minimum Gasteiger partial charge on any atom is -0.496 e. The summed E-state index contributed by atoms with van der Waals surface area (Å²) in [5.74, 6) is -0.267. The maximum absolute atomic E-state index is 11.9. The van der Waals surface area contributed by atoms with Crippen LogP contribution in [0.5, 0.6) is 5.75 Å². The van der Waals surface area contributed by atoms with E-state index in [-0.39, 0.29) is 0 Å². The Morgan fingerprint density at radius 2 is 1.90 bits per heavy atom. The molecule has 1 aromatic carbocycles. The Bertz CT molecular complexity index is 546. The molecule has 0 saturated carbocycles. The van der Waals surface area contributed by atoms with Crippen LogP contribution in [0.15, 0.2) is 18.2 Å². The summed E-state index contributed by atoms with van der Waals surface area (Å²) < 4.78 is 14.9. The number of aryl methyl sites for hydroxylation is 1. The van der Waals surface area contributed by atoms with E-state index in [9.17, 15) is 9.59 Å². The third kappa shape index (κ3) is 4.34. The van der Waals surface area contributed by atoms with Crippen molar-refractivity contribution in [3.8, 4) is 5.75 Å². The molecule has 5 nitrogen and oxygen atoms in total. The zero-order chi connectivity index (χ0) is 15.8. The van der Waals surface area contributed by atoms with E-state index >= 15 is 0 Å². The van der Waals surface area contributed by atoms with Crippen molar-refractivity contribution in [3.05, 3.63) is 34.9 Å². The third-order valence-corrected chi connectivity index (χ3v) is 2.92. The van der Waals surface area contributed by atoms with Crippen LogP contribution in [0.1, 0.15) is 35.3 Å². The largest absolute Gasteiger partial charge is 0.496 e. The van der Waals surface area contributed by atoms with Crippen molar-refractivity contribution in [1.29, 1.82) is 0 Å². The first-order chi connectivity index (χ1) is 10.1. The number of benzene rings is 1. The average Bonchev–Trinajstić information content (AvgIpc) is 2.51. The van der Waals surface area contributed by atoms with Gasteiger partial charge < -0.3 is 14.2 Å². The highest BCUT2D eigenvalue weighted by atomic mass is 16.5. The lowest BCUT2D eigenvalue weighted by Crippen LogP contribution is -2.06. The van der Waals surface area contributed by atoms with Crippen LogP contribution in [0, 0.1) is 0 Å². The summed E-state index contributed by atoms with van der Waals surface area (Å²) in [5, 5.41) is 0. The number of carbonyl (C=O) groups excluding carboxylic acids is 2. The summed E-state index contributed by atoms with van der Waals surface area (Å²) in [6.07, 6.45) is 3.51. The lowest BCUT2D eigenvalue weighted by atomic mass is 10.0. The Balaban J connectivity index is 3.26. The van der Waals surface area contributed by atoms with Crippen molar-refractivity contribution >= 4 is 18.0 Å². The maximum Gasteiger partial charge on any atom is 0.338 e. The lowest BCUT2D eigenvalue weighted by molar-refractivity contribution is -0.137. The molecule has 0 aliphatic carbocycles. The second-order valence-corrected chi connectivity index (χ2v) is 4.18. The molecule has 0 bridgehead atoms. The van der Waals surface area contributed by atoms with E-state index in [2.05, 4.69) is 0 Å². The molecule has 0 aliphatic heterocycles. The lowest BCUT2D eigenvalue weighted by Gasteiger charge is -2.11. The zero-order valence-corrected chi connectivity index (χ0v) is 12.8. The second-order valence-electron chi connectivity index (χ2n) is 4.18. The van der Waals surface area contributed by atoms with Gasteiger partial charge >= 0.3 is 11.9 Å². The quantitative estimate of drug-likeness (QED) is 0.596. The minimum atomic E-state index is -0.466. The predicted octanol–water partition coefficient (Wildman–Crippen LogP) is 2.62. The standard InChI is InChI=1S/C16H20O5/c1-5-11-9-13(16(18)20-4)12(10-14(11)19-3)7-8-15(17)21-6-2/h7-10H,5-6H2,1-4H3. The first kappa shape index (κ1) is 16.8. The third-order valence-electron chi connectivity index (χ3n) is 2.92. The molecule has 0 heterocycles. The summed E-state index contributed by atoms with van der Waals surface area (Å²) in [7, 11) is 2.88. The topological polar surface area (TPSA) is 61.8 Å². The van der Waals surface area contributed by atoms with E-state index in [0.29, 0.717) is 23.5 Å². The number of ether oxygens (including phenoxy) is 3. The predicted molar refractivity (Wildman–Crippen MR) is 79.4 cm³/mol. The summed E-state index contributed by atoms with van der Waals surface area (Å²) in [6, 6.07) is 3.43. The number of hydrogen-bond acceptors (Lipinski definition) is 5. The Labute approximate surface area is 124 Å². The molecule has 0 saturated heterocycles. The van der Waals surface area contributed by atoms with E-state index < -0.39 is 11.9 Å². The fraction of sp³-hybridized carbons (Fsp3) is 0.375. The first-order valence-electron chi connectivity index (χ1n) is 6.71. The van der Waals surface area contributed by atoms with Crippen molar-refractivity contribution in [2.75, 3.05) is 20.8 Å². The fourth-order valence-electron chi connectivity index (χ4n) is 1.88. The Hall–Kier alpha value is -2.30. The van der Waals surface area contributed by atoms with Gasteiger partial charge in [-0.15, -0.1) is 0 Å². The van der Waals surface area contributed by atoms with Gasteiger partial charge in [-0.3, -0.25) is 0 Å². The fourth-order valence-corrected chi connectivity index (χ4v) is 1.88. The molecule has 0 spiro atoms. The van der Waals surface area contributed by atoms with Crippen molar-refractivity contribution in [2.24, 2.45) is 0 Å². The number of carbonyl (C=O) groups is 2. The van der Waals surface area contributed by atoms with Crippen molar-refractivity contribution < 1.29 is 23.8 Å². The molecule has 0 radical (unpaired) electrons. The molecule has 0 atom stereocenters. The van der Waals surface area contributed by atoms with Gasteiger partial charge in [0.1, 0.15) is 5.75 Å². The minimum absolute atomic E-state index is 0.297. The molecule has 5 heteroatoms. The van der Waals surface area contributed by atoms with Gasteiger partial charge in [-0.05, 0) is 42.7 Å². The molecule has 1 aromatic rings. The molecule has 0 unspecified atom stereocenters. The van der Waals surface area contributed by atoms with Gasteiger partial charge in [-0.1, -0.05) is 6.92 Å². The normalized spacial score (nSPS) is 10.5. The molecule has 0 fully saturated rings. The van der Waals surface area contributed by atoms with E-state index in [0.717, 1.165) is 12.0 Å². The maximum atomic E-state index is 11.9. The molecular formula is C16H20O5. The molecule has 1 rings (SSSR count). The van der Waals surface area contributed by atoms with Crippen LogP contribution in [-0.4, -0.2) is 32.8 Å². The zero-order valence-electron chi connectivity index (χ0n) is 12.8. The summed E-state index contributed by atoms with van der Waals surface area (Å²) in [4.78, 5) is 23.2. The molecule has 114 valence electrons. The summed E-state index contributed by atoms with van der Waals surface area (Å²) in [5.41, 5.74) is 1.82. The van der Waals surface area contributed by atoms with Crippen LogP contribution in [0.25, 0.3) is 6.08 Å². The molecule has 0 N–H and O–H groups in total. The van der Waals surface area contributed by atoms with Crippen molar-refractivity contribution in [2.45, 2.75) is 20.3 Å². The van der Waals surface area contributed by atoms with Crippen LogP contribution in [0.2, 0.25) is 0 Å². The van der Waals surface area contributed by atoms with Gasteiger partial charge in [0.2, 0.25) is 0 Å². The van der Waals surface area contributed by atoms with Crippen molar-refractivity contribution in [3.63, 3.8) is 0 Å². The van der Waals surface area contributed by atoms with Gasteiger partial charge in [-0.25, -0.2) is 9.59 Å².